The third-order valence-corrected chi connectivity index (χ3v) is 14.1. The highest BCUT2D eigenvalue weighted by atomic mass is 32.1. The molecule has 4 heterocycles. The number of rotatable bonds is 26. The van der Waals surface area contributed by atoms with Crippen LogP contribution in [0.25, 0.3) is 22.0 Å². The van der Waals surface area contributed by atoms with Crippen molar-refractivity contribution in [2.75, 3.05) is 44.9 Å². The third kappa shape index (κ3) is 15.7. The van der Waals surface area contributed by atoms with Crippen molar-refractivity contribution in [2.45, 2.75) is 110 Å². The van der Waals surface area contributed by atoms with Crippen molar-refractivity contribution in [1.82, 2.24) is 50.6 Å². The van der Waals surface area contributed by atoms with E-state index in [0.29, 0.717) is 62.3 Å². The van der Waals surface area contributed by atoms with Gasteiger partial charge in [-0.1, -0.05) is 63.2 Å². The Morgan fingerprint density at radius 3 is 2.33 bits per heavy atom. The number of aromatic nitrogens is 6. The number of nitrogens with zero attached hydrogens (tertiary/aromatic N) is 7. The minimum atomic E-state index is -0.957. The maximum atomic E-state index is 14.1. The van der Waals surface area contributed by atoms with Gasteiger partial charge in [0, 0.05) is 57.3 Å². The second-order valence-corrected chi connectivity index (χ2v) is 21.0. The summed E-state index contributed by atoms with van der Waals surface area (Å²) in [4.78, 5) is 69.1. The summed E-state index contributed by atoms with van der Waals surface area (Å²) in [6, 6.07) is 22.3. The van der Waals surface area contributed by atoms with E-state index in [1.54, 1.807) is 35.7 Å². The number of hydrogen-bond donors (Lipinski definition) is 5. The fourth-order valence-electron chi connectivity index (χ4n) is 8.77. The zero-order valence-corrected chi connectivity index (χ0v) is 45.3. The number of carbonyl (C=O) groups excluding carboxylic acids is 4. The van der Waals surface area contributed by atoms with E-state index in [9.17, 15) is 24.3 Å². The van der Waals surface area contributed by atoms with Crippen LogP contribution in [0, 0.1) is 12.3 Å². The van der Waals surface area contributed by atoms with E-state index in [4.69, 9.17) is 14.2 Å². The first-order chi connectivity index (χ1) is 36.5. The van der Waals surface area contributed by atoms with Gasteiger partial charge in [-0.05, 0) is 105 Å². The van der Waals surface area contributed by atoms with Crippen molar-refractivity contribution in [2.24, 2.45) is 12.5 Å². The molecule has 0 saturated carbocycles. The molecule has 3 aromatic carbocycles. The van der Waals surface area contributed by atoms with Gasteiger partial charge in [-0.2, -0.15) is 0 Å². The Morgan fingerprint density at radius 1 is 0.829 bits per heavy atom. The van der Waals surface area contributed by atoms with Crippen LogP contribution in [0.3, 0.4) is 0 Å². The number of ether oxygens (including phenoxy) is 3. The Labute approximate surface area is 448 Å². The van der Waals surface area contributed by atoms with Crippen LogP contribution in [0.2, 0.25) is 0 Å². The van der Waals surface area contributed by atoms with Gasteiger partial charge < -0.3 is 50.1 Å². The molecule has 0 aliphatic carbocycles. The van der Waals surface area contributed by atoms with Crippen LogP contribution >= 0.6 is 11.3 Å². The molecule has 1 aliphatic heterocycles. The Morgan fingerprint density at radius 2 is 1.58 bits per heavy atom. The smallest absolute Gasteiger partial charge is 0.251 e. The highest BCUT2D eigenvalue weighted by Crippen LogP contribution is 2.30. The second kappa shape index (κ2) is 27.1. The van der Waals surface area contributed by atoms with Gasteiger partial charge in [-0.25, -0.2) is 15.0 Å². The minimum absolute atomic E-state index is 0.0151. The van der Waals surface area contributed by atoms with Crippen LogP contribution < -0.4 is 26.0 Å². The van der Waals surface area contributed by atoms with E-state index >= 15 is 0 Å². The number of anilines is 1. The standard InChI is InChI=1S/C56H71N11O8S/c1-36(39-18-20-40(21-19-39)50-38(3)60-35-76-50)62-54(71)47-30-44(68)32-67(47)55(72)51(56(4,5)6)63-49(69)33-74-26-13-25-73-24-9-8-10-27-75-45-17-12-14-41(29-45)37(2)61-53(70)42-15-11-16-43(28-42)58-31-48-64-65-52(66(48)7)46-22-23-57-34-59-46/h11-12,14-23,28-29,34-37,44,47,51,58,68H,8-10,13,24-27,30-33H2,1-7H3,(H,61,70)(H,62,71)(H,63,69)/t36-,37+,44+,47-,51+/m0/s1. The molecule has 1 saturated heterocycles. The summed E-state index contributed by atoms with van der Waals surface area (Å²) >= 11 is 1.57. The lowest BCUT2D eigenvalue weighted by atomic mass is 9.85. The van der Waals surface area contributed by atoms with E-state index in [2.05, 4.69) is 46.4 Å². The maximum absolute atomic E-state index is 14.1. The number of aliphatic hydroxyl groups is 1. The molecule has 0 spiro atoms. The summed E-state index contributed by atoms with van der Waals surface area (Å²) in [6.45, 7) is 13.4. The topological polar surface area (TPSA) is 237 Å². The summed E-state index contributed by atoms with van der Waals surface area (Å²) in [7, 11) is 1.88. The zero-order chi connectivity index (χ0) is 54.2. The first-order valence-corrected chi connectivity index (χ1v) is 26.7. The van der Waals surface area contributed by atoms with Crippen LogP contribution in [0.15, 0.2) is 96.9 Å². The minimum Gasteiger partial charge on any atom is -0.494 e. The van der Waals surface area contributed by atoms with Crippen LogP contribution in [0.4, 0.5) is 5.69 Å². The van der Waals surface area contributed by atoms with Crippen molar-refractivity contribution in [3.05, 3.63) is 125 Å². The van der Waals surface area contributed by atoms with E-state index in [1.807, 2.05) is 119 Å². The molecule has 6 aromatic rings. The molecule has 20 heteroatoms. The van der Waals surface area contributed by atoms with Crippen molar-refractivity contribution in [1.29, 1.82) is 0 Å². The van der Waals surface area contributed by atoms with Gasteiger partial charge >= 0.3 is 0 Å². The molecule has 5 atom stereocenters. The van der Waals surface area contributed by atoms with E-state index in [1.165, 1.54) is 11.2 Å². The lowest BCUT2D eigenvalue weighted by Gasteiger charge is -2.35. The molecule has 0 bridgehead atoms. The summed E-state index contributed by atoms with van der Waals surface area (Å²) in [5, 5.41) is 31.5. The first kappa shape index (κ1) is 56.6. The Kier molecular flexibility index (Phi) is 20.2. The van der Waals surface area contributed by atoms with Crippen molar-refractivity contribution < 1.29 is 38.5 Å². The summed E-state index contributed by atoms with van der Waals surface area (Å²) < 4.78 is 19.4. The lowest BCUT2D eigenvalue weighted by molar-refractivity contribution is -0.144. The lowest BCUT2D eigenvalue weighted by Crippen LogP contribution is -2.58. The highest BCUT2D eigenvalue weighted by molar-refractivity contribution is 7.13. The summed E-state index contributed by atoms with van der Waals surface area (Å²) in [5.74, 6) is 0.626. The predicted octanol–water partition coefficient (Wildman–Crippen LogP) is 7.15. The molecular formula is C56H71N11O8S. The summed E-state index contributed by atoms with van der Waals surface area (Å²) in [5.41, 5.74) is 6.93. The van der Waals surface area contributed by atoms with Gasteiger partial charge in [0.2, 0.25) is 17.7 Å². The number of likely N-dealkylation sites (tertiary alicyclic amines) is 1. The number of nitrogens with one attached hydrogen (secondary N) is 4. The van der Waals surface area contributed by atoms with Gasteiger partial charge in [0.05, 0.1) is 47.4 Å². The van der Waals surface area contributed by atoms with Gasteiger partial charge in [-0.3, -0.25) is 19.2 Å². The van der Waals surface area contributed by atoms with Crippen LogP contribution in [-0.4, -0.2) is 121 Å². The molecule has 19 nitrogen and oxygen atoms in total. The zero-order valence-electron chi connectivity index (χ0n) is 44.5. The average Bonchev–Trinajstić information content (AvgIpc) is 4.14. The Hall–Kier alpha value is -7.13. The number of benzene rings is 3. The Balaban J connectivity index is 0.744. The van der Waals surface area contributed by atoms with Crippen molar-refractivity contribution in [3.8, 4) is 27.7 Å². The molecule has 3 aromatic heterocycles. The molecule has 0 radical (unpaired) electrons. The number of amides is 4. The fraction of sp³-hybridized carbons (Fsp3) is 0.446. The third-order valence-electron chi connectivity index (χ3n) is 13.1. The van der Waals surface area contributed by atoms with Gasteiger partial charge in [0.25, 0.3) is 5.91 Å². The molecule has 0 unspecified atom stereocenters. The highest BCUT2D eigenvalue weighted by Gasteiger charge is 2.44. The maximum Gasteiger partial charge on any atom is 0.251 e. The SMILES string of the molecule is Cc1ncsc1-c1ccc([C@H](C)NC(=O)[C@@H]2C[C@@H](O)CN2C(=O)[C@@H](NC(=O)COCCCOCCCCCOc2cccc([C@@H](C)NC(=O)c3cccc(NCc4nnc(-c5ccncn5)n4C)c3)c2)C(C)(C)C)cc1. The molecule has 1 fully saturated rings. The molecule has 7 rings (SSSR count). The van der Waals surface area contributed by atoms with E-state index in [0.717, 1.165) is 58.0 Å². The normalized spacial score (nSPS) is 15.7. The fourth-order valence-corrected chi connectivity index (χ4v) is 9.58. The van der Waals surface area contributed by atoms with E-state index in [-0.39, 0.29) is 43.5 Å². The number of thiazole rings is 1. The largest absolute Gasteiger partial charge is 0.494 e. The number of β-amino-alcohol motifs (C(OH)–C–C–N with tert-alkyl or cyclic N) is 1. The number of carbonyl (C=O) groups is 4. The predicted molar refractivity (Wildman–Crippen MR) is 290 cm³/mol. The van der Waals surface area contributed by atoms with Gasteiger partial charge in [0.15, 0.2) is 11.6 Å². The van der Waals surface area contributed by atoms with Crippen LogP contribution in [-0.2, 0) is 37.4 Å². The van der Waals surface area contributed by atoms with E-state index < -0.39 is 35.4 Å². The molecule has 76 heavy (non-hydrogen) atoms. The van der Waals surface area contributed by atoms with Gasteiger partial charge in [0.1, 0.15) is 36.5 Å². The molecule has 4 amide bonds. The number of aryl methyl sites for hydroxylation is 1. The average molecular weight is 1060 g/mol. The molecule has 5 N–H and O–H groups in total. The van der Waals surface area contributed by atoms with Crippen molar-refractivity contribution >= 4 is 40.7 Å². The molecular weight excluding hydrogens is 987 g/mol. The Bertz CT molecular complexity index is 2860. The number of unbranched alkanes of at least 4 members (excludes halogenated alkanes) is 2. The monoisotopic (exact) mass is 1060 g/mol. The second-order valence-electron chi connectivity index (χ2n) is 20.1. The van der Waals surface area contributed by atoms with Crippen molar-refractivity contribution in [3.63, 3.8) is 0 Å². The van der Waals surface area contributed by atoms with Crippen LogP contribution in [0.1, 0.15) is 112 Å². The number of hydrogen-bond acceptors (Lipinski definition) is 15. The molecule has 404 valence electrons. The molecule has 1 aliphatic rings. The quantitative estimate of drug-likeness (QED) is 0.0340. The summed E-state index contributed by atoms with van der Waals surface area (Å²) in [6.07, 6.45) is 5.56. The van der Waals surface area contributed by atoms with Gasteiger partial charge in [-0.15, -0.1) is 21.5 Å². The number of aliphatic hydroxyl groups excluding tert-OH is 1. The van der Waals surface area contributed by atoms with Crippen LogP contribution in [0.5, 0.6) is 5.75 Å². The first-order valence-electron chi connectivity index (χ1n) is 25.8.